The van der Waals surface area contributed by atoms with Gasteiger partial charge in [0, 0.05) is 6.42 Å². The zero-order valence-electron chi connectivity index (χ0n) is 16.7. The Hall–Kier alpha value is -1.87. The third kappa shape index (κ3) is 10.6. The van der Waals surface area contributed by atoms with E-state index in [1.807, 2.05) is 90.1 Å². The average molecular weight is 351 g/mol. The molecule has 0 aliphatic rings. The summed E-state index contributed by atoms with van der Waals surface area (Å²) >= 11 is 0. The minimum Gasteiger partial charge on any atom is -0.493 e. The van der Waals surface area contributed by atoms with Crippen molar-refractivity contribution in [2.24, 2.45) is 0 Å². The van der Waals surface area contributed by atoms with Crippen LogP contribution in [0.5, 0.6) is 5.75 Å². The standard InChI is InChI=1S/C16H17FO2.3C2H6/c17-10-1-11-19-16-8-6-15(7-9-16)14-4-2-13(12-18)3-5-14;3*1-2/h2-9,18H,1,10-12H2;3*1-2H3. The van der Waals surface area contributed by atoms with Crippen molar-refractivity contribution in [2.45, 2.75) is 54.6 Å². The van der Waals surface area contributed by atoms with Crippen LogP contribution in [0.4, 0.5) is 4.39 Å². The summed E-state index contributed by atoms with van der Waals surface area (Å²) < 4.78 is 17.3. The monoisotopic (exact) mass is 350 g/mol. The second-order valence-electron chi connectivity index (χ2n) is 4.27. The Bertz CT molecular complexity index is 492. The van der Waals surface area contributed by atoms with Crippen LogP contribution in [-0.2, 0) is 6.61 Å². The molecule has 2 rings (SSSR count). The summed E-state index contributed by atoms with van der Waals surface area (Å²) in [6, 6.07) is 15.5. The molecule has 0 heterocycles. The molecule has 0 spiro atoms. The molecule has 0 bridgehead atoms. The zero-order valence-corrected chi connectivity index (χ0v) is 16.7. The molecule has 0 aromatic heterocycles. The Morgan fingerprint density at radius 1 is 0.760 bits per heavy atom. The highest BCUT2D eigenvalue weighted by Crippen LogP contribution is 2.23. The number of ether oxygens (including phenoxy) is 1. The van der Waals surface area contributed by atoms with Crippen molar-refractivity contribution in [1.29, 1.82) is 0 Å². The van der Waals surface area contributed by atoms with Crippen molar-refractivity contribution in [3.8, 4) is 16.9 Å². The van der Waals surface area contributed by atoms with E-state index in [0.29, 0.717) is 13.0 Å². The maximum absolute atomic E-state index is 11.9. The summed E-state index contributed by atoms with van der Waals surface area (Å²) in [4.78, 5) is 0. The fourth-order valence-corrected chi connectivity index (χ4v) is 1.79. The van der Waals surface area contributed by atoms with Gasteiger partial charge in [0.15, 0.2) is 0 Å². The van der Waals surface area contributed by atoms with Gasteiger partial charge in [0.25, 0.3) is 0 Å². The van der Waals surface area contributed by atoms with Crippen LogP contribution < -0.4 is 4.74 Å². The first-order chi connectivity index (χ1) is 12.3. The second kappa shape index (κ2) is 18.5. The molecule has 0 unspecified atom stereocenters. The van der Waals surface area contributed by atoms with Crippen molar-refractivity contribution in [3.63, 3.8) is 0 Å². The van der Waals surface area contributed by atoms with E-state index in [2.05, 4.69) is 0 Å². The van der Waals surface area contributed by atoms with E-state index in [9.17, 15) is 4.39 Å². The zero-order chi connectivity index (χ0) is 19.5. The molecular weight excluding hydrogens is 315 g/mol. The van der Waals surface area contributed by atoms with Crippen LogP contribution in [-0.4, -0.2) is 18.4 Å². The van der Waals surface area contributed by atoms with Gasteiger partial charge in [-0.05, 0) is 28.8 Å². The molecule has 1 N–H and O–H groups in total. The summed E-state index contributed by atoms with van der Waals surface area (Å²) in [5, 5.41) is 8.99. The maximum Gasteiger partial charge on any atom is 0.119 e. The minimum absolute atomic E-state index is 0.0572. The first kappa shape index (κ1) is 25.4. The molecule has 0 atom stereocenters. The van der Waals surface area contributed by atoms with Crippen molar-refractivity contribution in [1.82, 2.24) is 0 Å². The van der Waals surface area contributed by atoms with Gasteiger partial charge in [-0.15, -0.1) is 0 Å². The molecule has 2 aromatic rings. The molecular formula is C22H35FO2. The van der Waals surface area contributed by atoms with Crippen LogP contribution in [0, 0.1) is 0 Å². The van der Waals surface area contributed by atoms with Crippen LogP contribution in [0.25, 0.3) is 11.1 Å². The van der Waals surface area contributed by atoms with Gasteiger partial charge >= 0.3 is 0 Å². The van der Waals surface area contributed by atoms with Crippen molar-refractivity contribution < 1.29 is 14.2 Å². The van der Waals surface area contributed by atoms with Crippen molar-refractivity contribution >= 4 is 0 Å². The van der Waals surface area contributed by atoms with E-state index in [-0.39, 0.29) is 13.3 Å². The largest absolute Gasteiger partial charge is 0.493 e. The van der Waals surface area contributed by atoms with E-state index in [1.165, 1.54) is 0 Å². The number of hydrogen-bond acceptors (Lipinski definition) is 2. The van der Waals surface area contributed by atoms with Crippen molar-refractivity contribution in [2.75, 3.05) is 13.3 Å². The van der Waals surface area contributed by atoms with Crippen LogP contribution in [0.15, 0.2) is 48.5 Å². The van der Waals surface area contributed by atoms with E-state index in [1.54, 1.807) is 0 Å². The van der Waals surface area contributed by atoms with Crippen LogP contribution in [0.3, 0.4) is 0 Å². The van der Waals surface area contributed by atoms with Crippen LogP contribution in [0.2, 0.25) is 0 Å². The smallest absolute Gasteiger partial charge is 0.119 e. The highest BCUT2D eigenvalue weighted by molar-refractivity contribution is 5.64. The second-order valence-corrected chi connectivity index (χ2v) is 4.27. The topological polar surface area (TPSA) is 29.5 Å². The molecule has 2 nitrogen and oxygen atoms in total. The number of halogens is 1. The van der Waals surface area contributed by atoms with Gasteiger partial charge in [-0.2, -0.15) is 0 Å². The molecule has 0 fully saturated rings. The third-order valence-corrected chi connectivity index (χ3v) is 2.87. The molecule has 0 aliphatic heterocycles. The summed E-state index contributed by atoms with van der Waals surface area (Å²) in [5.74, 6) is 0.754. The number of hydrogen-bond donors (Lipinski definition) is 1. The average Bonchev–Trinajstić information content (AvgIpc) is 2.73. The lowest BCUT2D eigenvalue weighted by molar-refractivity contribution is 0.282. The number of aliphatic hydroxyl groups excluding tert-OH is 1. The number of aliphatic hydroxyl groups is 1. The van der Waals surface area contributed by atoms with E-state index in [0.717, 1.165) is 22.4 Å². The highest BCUT2D eigenvalue weighted by Gasteiger charge is 1.99. The minimum atomic E-state index is -0.352. The van der Waals surface area contributed by atoms with Gasteiger partial charge in [0.05, 0.1) is 19.9 Å². The third-order valence-electron chi connectivity index (χ3n) is 2.87. The van der Waals surface area contributed by atoms with Crippen molar-refractivity contribution in [3.05, 3.63) is 54.1 Å². The Labute approximate surface area is 153 Å². The predicted molar refractivity (Wildman–Crippen MR) is 108 cm³/mol. The van der Waals surface area contributed by atoms with Crippen LogP contribution >= 0.6 is 0 Å². The summed E-state index contributed by atoms with van der Waals surface area (Å²) in [6.45, 7) is 12.1. The molecule has 0 saturated heterocycles. The Balaban J connectivity index is 0. The van der Waals surface area contributed by atoms with Gasteiger partial charge in [0.2, 0.25) is 0 Å². The SMILES string of the molecule is CC.CC.CC.OCc1ccc(-c2ccc(OCCCF)cc2)cc1. The molecule has 0 aliphatic carbocycles. The lowest BCUT2D eigenvalue weighted by atomic mass is 10.0. The number of rotatable bonds is 6. The Kier molecular flexibility index (Phi) is 18.7. The fourth-order valence-electron chi connectivity index (χ4n) is 1.79. The van der Waals surface area contributed by atoms with Gasteiger partial charge < -0.3 is 9.84 Å². The summed E-state index contributed by atoms with van der Waals surface area (Å²) in [5.41, 5.74) is 3.07. The summed E-state index contributed by atoms with van der Waals surface area (Å²) in [6.07, 6.45) is 0.421. The summed E-state index contributed by atoms with van der Waals surface area (Å²) in [7, 11) is 0. The van der Waals surface area contributed by atoms with E-state index >= 15 is 0 Å². The molecule has 142 valence electrons. The Morgan fingerprint density at radius 2 is 1.20 bits per heavy atom. The predicted octanol–water partition coefficient (Wildman–Crippen LogP) is 6.66. The first-order valence-corrected chi connectivity index (χ1v) is 9.32. The normalized spacial score (nSPS) is 8.64. The Morgan fingerprint density at radius 3 is 1.60 bits per heavy atom. The highest BCUT2D eigenvalue weighted by atomic mass is 19.1. The molecule has 0 saturated carbocycles. The van der Waals surface area contributed by atoms with Gasteiger partial charge in [0.1, 0.15) is 5.75 Å². The molecule has 25 heavy (non-hydrogen) atoms. The van der Waals surface area contributed by atoms with Crippen LogP contribution in [0.1, 0.15) is 53.5 Å². The molecule has 2 aromatic carbocycles. The quantitative estimate of drug-likeness (QED) is 0.590. The van der Waals surface area contributed by atoms with Gasteiger partial charge in [-0.1, -0.05) is 77.9 Å². The lowest BCUT2D eigenvalue weighted by Crippen LogP contribution is -1.97. The lowest BCUT2D eigenvalue weighted by Gasteiger charge is -2.07. The molecule has 0 radical (unpaired) electrons. The molecule has 0 amide bonds. The first-order valence-electron chi connectivity index (χ1n) is 9.32. The van der Waals surface area contributed by atoms with E-state index < -0.39 is 0 Å². The maximum atomic E-state index is 11.9. The van der Waals surface area contributed by atoms with E-state index in [4.69, 9.17) is 9.84 Å². The molecule has 3 heteroatoms. The van der Waals surface area contributed by atoms with Gasteiger partial charge in [-0.3, -0.25) is 4.39 Å². The number of alkyl halides is 1. The van der Waals surface area contributed by atoms with Gasteiger partial charge in [-0.25, -0.2) is 0 Å². The number of benzene rings is 2. The fraction of sp³-hybridized carbons (Fsp3) is 0.455.